The molecule has 2 fully saturated rings. The fourth-order valence-corrected chi connectivity index (χ4v) is 3.97. The summed E-state index contributed by atoms with van der Waals surface area (Å²) in [6, 6.07) is 0. The SMILES string of the molecule is CSc1ncc(Br)c(N2CCC(C(=O)N3CCCCC3)C2)n1. The molecule has 5 nitrogen and oxygen atoms in total. The van der Waals surface area contributed by atoms with Crippen LogP contribution in [0, 0.1) is 5.92 Å². The number of amides is 1. The first-order valence-electron chi connectivity index (χ1n) is 7.79. The summed E-state index contributed by atoms with van der Waals surface area (Å²) in [6.45, 7) is 3.51. The van der Waals surface area contributed by atoms with Crippen LogP contribution in [0.15, 0.2) is 15.8 Å². The van der Waals surface area contributed by atoms with Crippen LogP contribution in [0.2, 0.25) is 0 Å². The molecule has 0 spiro atoms. The monoisotopic (exact) mass is 384 g/mol. The molecule has 1 aromatic rings. The Hall–Kier alpha value is -0.820. The van der Waals surface area contributed by atoms with Gasteiger partial charge in [-0.2, -0.15) is 0 Å². The van der Waals surface area contributed by atoms with E-state index < -0.39 is 0 Å². The van der Waals surface area contributed by atoms with Crippen molar-refractivity contribution in [2.75, 3.05) is 37.3 Å². The zero-order chi connectivity index (χ0) is 15.5. The number of piperidine rings is 1. The van der Waals surface area contributed by atoms with E-state index in [1.54, 1.807) is 6.20 Å². The lowest BCUT2D eigenvalue weighted by atomic mass is 10.0. The lowest BCUT2D eigenvalue weighted by Gasteiger charge is -2.29. The van der Waals surface area contributed by atoms with Crippen LogP contribution in [0.1, 0.15) is 25.7 Å². The number of halogens is 1. The molecule has 1 unspecified atom stereocenters. The van der Waals surface area contributed by atoms with E-state index in [2.05, 4.69) is 35.7 Å². The van der Waals surface area contributed by atoms with Gasteiger partial charge in [0, 0.05) is 32.4 Å². The van der Waals surface area contributed by atoms with Crippen LogP contribution < -0.4 is 4.90 Å². The Morgan fingerprint density at radius 3 is 2.82 bits per heavy atom. The fraction of sp³-hybridized carbons (Fsp3) is 0.667. The second-order valence-electron chi connectivity index (χ2n) is 5.85. The largest absolute Gasteiger partial charge is 0.355 e. The van der Waals surface area contributed by atoms with Gasteiger partial charge >= 0.3 is 0 Å². The van der Waals surface area contributed by atoms with Crippen molar-refractivity contribution in [2.24, 2.45) is 5.92 Å². The lowest BCUT2D eigenvalue weighted by molar-refractivity contribution is -0.135. The minimum Gasteiger partial charge on any atom is -0.355 e. The molecule has 1 aromatic heterocycles. The molecule has 0 aliphatic carbocycles. The summed E-state index contributed by atoms with van der Waals surface area (Å²) in [5, 5.41) is 0.768. The molecule has 3 heterocycles. The van der Waals surface area contributed by atoms with Crippen molar-refractivity contribution < 1.29 is 4.79 Å². The van der Waals surface area contributed by atoms with Crippen molar-refractivity contribution in [3.63, 3.8) is 0 Å². The van der Waals surface area contributed by atoms with E-state index >= 15 is 0 Å². The van der Waals surface area contributed by atoms with Crippen molar-refractivity contribution >= 4 is 39.4 Å². The number of thioether (sulfide) groups is 1. The molecule has 2 aliphatic rings. The molecule has 0 N–H and O–H groups in total. The van der Waals surface area contributed by atoms with Gasteiger partial charge in [0.2, 0.25) is 5.91 Å². The van der Waals surface area contributed by atoms with Gasteiger partial charge in [0.1, 0.15) is 5.82 Å². The van der Waals surface area contributed by atoms with Crippen molar-refractivity contribution in [2.45, 2.75) is 30.8 Å². The number of aromatic nitrogens is 2. The van der Waals surface area contributed by atoms with Crippen LogP contribution in [0.3, 0.4) is 0 Å². The van der Waals surface area contributed by atoms with Crippen molar-refractivity contribution in [3.8, 4) is 0 Å². The molecule has 22 heavy (non-hydrogen) atoms. The van der Waals surface area contributed by atoms with Crippen LogP contribution in [0.5, 0.6) is 0 Å². The molecule has 1 amide bonds. The molecule has 0 radical (unpaired) electrons. The van der Waals surface area contributed by atoms with Gasteiger partial charge in [-0.25, -0.2) is 9.97 Å². The third-order valence-electron chi connectivity index (χ3n) is 4.39. The van der Waals surface area contributed by atoms with E-state index in [9.17, 15) is 4.79 Å². The van der Waals surface area contributed by atoms with E-state index in [0.717, 1.165) is 60.9 Å². The third kappa shape index (κ3) is 3.40. The number of carbonyl (C=O) groups excluding carboxylic acids is 1. The molecular weight excluding hydrogens is 364 g/mol. The van der Waals surface area contributed by atoms with Gasteiger partial charge in [0.05, 0.1) is 10.4 Å². The van der Waals surface area contributed by atoms with E-state index in [-0.39, 0.29) is 5.92 Å². The highest BCUT2D eigenvalue weighted by atomic mass is 79.9. The van der Waals surface area contributed by atoms with Gasteiger partial charge in [-0.05, 0) is 47.9 Å². The summed E-state index contributed by atoms with van der Waals surface area (Å²) in [7, 11) is 0. The minimum absolute atomic E-state index is 0.109. The zero-order valence-electron chi connectivity index (χ0n) is 12.8. The summed E-state index contributed by atoms with van der Waals surface area (Å²) < 4.78 is 0.899. The summed E-state index contributed by atoms with van der Waals surface area (Å²) in [4.78, 5) is 25.7. The molecule has 1 atom stereocenters. The molecular formula is C15H21BrN4OS. The predicted molar refractivity (Wildman–Crippen MR) is 92.3 cm³/mol. The Labute approximate surface area is 144 Å². The molecule has 2 saturated heterocycles. The Kier molecular flexibility index (Phi) is 5.23. The van der Waals surface area contributed by atoms with Gasteiger partial charge in [-0.3, -0.25) is 4.79 Å². The first-order valence-corrected chi connectivity index (χ1v) is 9.81. The average Bonchev–Trinajstić information content (AvgIpc) is 3.05. The number of carbonyl (C=O) groups is 1. The van der Waals surface area contributed by atoms with Gasteiger partial charge in [0.25, 0.3) is 0 Å². The standard InChI is InChI=1S/C15H21BrN4OS/c1-22-15-17-9-12(16)13(18-15)20-8-5-11(10-20)14(21)19-6-3-2-4-7-19/h9,11H,2-8,10H2,1H3. The number of likely N-dealkylation sites (tertiary alicyclic amines) is 1. The Morgan fingerprint density at radius 1 is 1.32 bits per heavy atom. The number of anilines is 1. The summed E-state index contributed by atoms with van der Waals surface area (Å²) in [5.41, 5.74) is 0. The van der Waals surface area contributed by atoms with Gasteiger partial charge in [-0.1, -0.05) is 11.8 Å². The van der Waals surface area contributed by atoms with Crippen molar-refractivity contribution in [1.82, 2.24) is 14.9 Å². The number of rotatable bonds is 3. The molecule has 0 bridgehead atoms. The Balaban J connectivity index is 1.68. The second kappa shape index (κ2) is 7.17. The van der Waals surface area contributed by atoms with E-state index in [1.165, 1.54) is 18.2 Å². The van der Waals surface area contributed by atoms with Crippen LogP contribution >= 0.6 is 27.7 Å². The number of hydrogen-bond acceptors (Lipinski definition) is 5. The molecule has 7 heteroatoms. The summed E-state index contributed by atoms with van der Waals surface area (Å²) >= 11 is 5.07. The maximum Gasteiger partial charge on any atom is 0.227 e. The smallest absolute Gasteiger partial charge is 0.227 e. The zero-order valence-corrected chi connectivity index (χ0v) is 15.2. The second-order valence-corrected chi connectivity index (χ2v) is 7.47. The molecule has 0 aromatic carbocycles. The van der Waals surface area contributed by atoms with Gasteiger partial charge < -0.3 is 9.80 Å². The number of hydrogen-bond donors (Lipinski definition) is 0. The van der Waals surface area contributed by atoms with Gasteiger partial charge in [-0.15, -0.1) is 0 Å². The maximum atomic E-state index is 12.6. The predicted octanol–water partition coefficient (Wildman–Crippen LogP) is 2.80. The van der Waals surface area contributed by atoms with Crippen LogP contribution in [-0.2, 0) is 4.79 Å². The van der Waals surface area contributed by atoms with Crippen LogP contribution in [-0.4, -0.2) is 53.2 Å². The fourth-order valence-electron chi connectivity index (χ4n) is 3.19. The van der Waals surface area contributed by atoms with E-state index in [1.807, 2.05) is 6.26 Å². The topological polar surface area (TPSA) is 49.3 Å². The highest BCUT2D eigenvalue weighted by Gasteiger charge is 2.33. The molecule has 120 valence electrons. The van der Waals surface area contributed by atoms with Crippen LogP contribution in [0.25, 0.3) is 0 Å². The average molecular weight is 385 g/mol. The number of nitrogens with zero attached hydrogens (tertiary/aromatic N) is 4. The van der Waals surface area contributed by atoms with E-state index in [0.29, 0.717) is 5.91 Å². The summed E-state index contributed by atoms with van der Waals surface area (Å²) in [6.07, 6.45) is 8.24. The van der Waals surface area contributed by atoms with E-state index in [4.69, 9.17) is 0 Å². The maximum absolute atomic E-state index is 12.6. The highest BCUT2D eigenvalue weighted by Crippen LogP contribution is 2.30. The minimum atomic E-state index is 0.109. The van der Waals surface area contributed by atoms with Crippen molar-refractivity contribution in [1.29, 1.82) is 0 Å². The Morgan fingerprint density at radius 2 is 2.09 bits per heavy atom. The first-order chi connectivity index (χ1) is 10.7. The molecule has 0 saturated carbocycles. The third-order valence-corrected chi connectivity index (χ3v) is 5.51. The quantitative estimate of drug-likeness (QED) is 0.592. The normalized spacial score (nSPS) is 22.2. The Bertz CT molecular complexity index is 550. The van der Waals surface area contributed by atoms with Crippen molar-refractivity contribution in [3.05, 3.63) is 10.7 Å². The van der Waals surface area contributed by atoms with Gasteiger partial charge in [0.15, 0.2) is 5.16 Å². The molecule has 2 aliphatic heterocycles. The molecule has 3 rings (SSSR count). The van der Waals surface area contributed by atoms with Crippen LogP contribution in [0.4, 0.5) is 5.82 Å². The summed E-state index contributed by atoms with van der Waals surface area (Å²) in [5.74, 6) is 1.35. The highest BCUT2D eigenvalue weighted by molar-refractivity contribution is 9.10. The lowest BCUT2D eigenvalue weighted by Crippen LogP contribution is -2.40. The first kappa shape index (κ1) is 16.1.